The highest BCUT2D eigenvalue weighted by atomic mass is 16.5. The van der Waals surface area contributed by atoms with Crippen LogP contribution in [0.25, 0.3) is 0 Å². The molecule has 3 nitrogen and oxygen atoms in total. The minimum absolute atomic E-state index is 0.0645. The van der Waals surface area contributed by atoms with Crippen LogP contribution in [0.2, 0.25) is 0 Å². The predicted molar refractivity (Wildman–Crippen MR) is 96.0 cm³/mol. The third-order valence-electron chi connectivity index (χ3n) is 5.16. The lowest BCUT2D eigenvalue weighted by Crippen LogP contribution is -2.45. The molecule has 1 rings (SSSR count). The summed E-state index contributed by atoms with van der Waals surface area (Å²) in [7, 11) is 1.74. The lowest BCUT2D eigenvalue weighted by Gasteiger charge is -2.41. The first kappa shape index (κ1) is 20.0. The maximum Gasteiger partial charge on any atom is 0.119 e. The van der Waals surface area contributed by atoms with Crippen LogP contribution in [-0.2, 0) is 9.47 Å². The van der Waals surface area contributed by atoms with Crippen molar-refractivity contribution in [2.75, 3.05) is 20.3 Å². The Morgan fingerprint density at radius 2 is 1.43 bits per heavy atom. The van der Waals surface area contributed by atoms with Gasteiger partial charge < -0.3 is 14.2 Å². The highest BCUT2D eigenvalue weighted by Crippen LogP contribution is 2.34. The van der Waals surface area contributed by atoms with Crippen LogP contribution >= 0.6 is 0 Å². The van der Waals surface area contributed by atoms with E-state index in [1.165, 1.54) is 0 Å². The van der Waals surface area contributed by atoms with E-state index < -0.39 is 0 Å². The smallest absolute Gasteiger partial charge is 0.119 e. The van der Waals surface area contributed by atoms with Crippen molar-refractivity contribution in [1.82, 2.24) is 0 Å². The van der Waals surface area contributed by atoms with Crippen LogP contribution in [0.5, 0.6) is 5.75 Å². The van der Waals surface area contributed by atoms with Gasteiger partial charge in [0.1, 0.15) is 5.75 Å². The molecule has 0 heterocycles. The molecule has 0 radical (unpaired) electrons. The van der Waals surface area contributed by atoms with Crippen molar-refractivity contribution in [2.45, 2.75) is 59.7 Å². The zero-order valence-electron chi connectivity index (χ0n) is 16.1. The zero-order chi connectivity index (χ0) is 17.7. The van der Waals surface area contributed by atoms with Gasteiger partial charge in [-0.25, -0.2) is 0 Å². The van der Waals surface area contributed by atoms with Gasteiger partial charge in [0.05, 0.1) is 24.4 Å². The first-order valence-electron chi connectivity index (χ1n) is 8.36. The molecule has 23 heavy (non-hydrogen) atoms. The van der Waals surface area contributed by atoms with Gasteiger partial charge in [-0.1, -0.05) is 39.0 Å². The summed E-state index contributed by atoms with van der Waals surface area (Å²) in [6, 6.07) is 9.88. The molecule has 3 heteroatoms. The van der Waals surface area contributed by atoms with E-state index >= 15 is 0 Å². The second-order valence-corrected chi connectivity index (χ2v) is 8.20. The Kier molecular flexibility index (Phi) is 6.67. The van der Waals surface area contributed by atoms with Crippen molar-refractivity contribution in [1.29, 1.82) is 0 Å². The van der Waals surface area contributed by atoms with E-state index in [0.717, 1.165) is 5.75 Å². The first-order valence-corrected chi connectivity index (χ1v) is 8.36. The molecule has 0 aliphatic carbocycles. The Morgan fingerprint density at radius 3 is 1.91 bits per heavy atom. The molecule has 0 spiro atoms. The lowest BCUT2D eigenvalue weighted by atomic mass is 9.79. The van der Waals surface area contributed by atoms with Gasteiger partial charge in [0.15, 0.2) is 0 Å². The average Bonchev–Trinajstić information content (AvgIpc) is 2.46. The monoisotopic (exact) mass is 322 g/mol. The molecule has 132 valence electrons. The summed E-state index contributed by atoms with van der Waals surface area (Å²) < 4.78 is 17.9. The summed E-state index contributed by atoms with van der Waals surface area (Å²) in [5.74, 6) is 1.01. The molecule has 1 aromatic rings. The van der Waals surface area contributed by atoms with Crippen molar-refractivity contribution >= 4 is 0 Å². The summed E-state index contributed by atoms with van der Waals surface area (Å²) >= 11 is 0. The molecule has 0 bridgehead atoms. The van der Waals surface area contributed by atoms with E-state index in [4.69, 9.17) is 14.2 Å². The highest BCUT2D eigenvalue weighted by molar-refractivity contribution is 5.20. The van der Waals surface area contributed by atoms with E-state index in [0.29, 0.717) is 13.2 Å². The van der Waals surface area contributed by atoms with Gasteiger partial charge in [-0.05, 0) is 45.2 Å². The van der Waals surface area contributed by atoms with Crippen molar-refractivity contribution < 1.29 is 14.2 Å². The first-order chi connectivity index (χ1) is 10.5. The van der Waals surface area contributed by atoms with Crippen LogP contribution in [0.15, 0.2) is 30.3 Å². The quantitative estimate of drug-likeness (QED) is 0.678. The zero-order valence-corrected chi connectivity index (χ0v) is 16.1. The molecule has 0 N–H and O–H groups in total. The van der Waals surface area contributed by atoms with Crippen LogP contribution in [0.4, 0.5) is 0 Å². The second kappa shape index (κ2) is 7.67. The third-order valence-corrected chi connectivity index (χ3v) is 5.16. The van der Waals surface area contributed by atoms with Crippen molar-refractivity contribution in [2.24, 2.45) is 11.3 Å². The van der Waals surface area contributed by atoms with E-state index in [1.54, 1.807) is 7.11 Å². The lowest BCUT2D eigenvalue weighted by molar-refractivity contribution is -0.138. The molecule has 0 amide bonds. The van der Waals surface area contributed by atoms with Crippen LogP contribution < -0.4 is 4.74 Å². The van der Waals surface area contributed by atoms with Gasteiger partial charge >= 0.3 is 0 Å². The molecular weight excluding hydrogens is 288 g/mol. The number of hydrogen-bond acceptors (Lipinski definition) is 3. The van der Waals surface area contributed by atoms with E-state index in [-0.39, 0.29) is 22.5 Å². The summed E-state index contributed by atoms with van der Waals surface area (Å²) in [6.07, 6.45) is 0. The summed E-state index contributed by atoms with van der Waals surface area (Å²) in [5.41, 5.74) is -0.473. The second-order valence-electron chi connectivity index (χ2n) is 8.20. The van der Waals surface area contributed by atoms with Crippen LogP contribution in [0, 0.1) is 11.3 Å². The molecule has 0 aliphatic rings. The van der Waals surface area contributed by atoms with Crippen molar-refractivity contribution in [3.63, 3.8) is 0 Å². The number of methoxy groups -OCH3 is 1. The van der Waals surface area contributed by atoms with Crippen LogP contribution in [0.3, 0.4) is 0 Å². The van der Waals surface area contributed by atoms with Gasteiger partial charge in [0.25, 0.3) is 0 Å². The van der Waals surface area contributed by atoms with Gasteiger partial charge in [0.2, 0.25) is 0 Å². The summed E-state index contributed by atoms with van der Waals surface area (Å²) in [5, 5.41) is 0. The van der Waals surface area contributed by atoms with E-state index in [2.05, 4.69) is 48.5 Å². The Hall–Kier alpha value is -1.06. The number of ether oxygens (including phenoxy) is 3. The van der Waals surface area contributed by atoms with E-state index in [1.807, 2.05) is 30.3 Å². The number of benzene rings is 1. The average molecular weight is 322 g/mol. The van der Waals surface area contributed by atoms with Gasteiger partial charge in [0, 0.05) is 13.0 Å². The van der Waals surface area contributed by atoms with Crippen LogP contribution in [0.1, 0.15) is 48.5 Å². The fourth-order valence-corrected chi connectivity index (χ4v) is 1.86. The Balaban J connectivity index is 2.74. The normalized spacial score (nSPS) is 14.6. The molecule has 0 saturated carbocycles. The van der Waals surface area contributed by atoms with Gasteiger partial charge in [-0.3, -0.25) is 0 Å². The Labute approximate surface area is 142 Å². The molecule has 0 aliphatic heterocycles. The molecular formula is C20H34O3. The topological polar surface area (TPSA) is 27.7 Å². The third kappa shape index (κ3) is 5.82. The Bertz CT molecular complexity index is 458. The maximum atomic E-state index is 6.27. The number of para-hydroxylation sites is 1. The number of rotatable bonds is 8. The Morgan fingerprint density at radius 1 is 0.870 bits per heavy atom. The summed E-state index contributed by atoms with van der Waals surface area (Å²) in [6.45, 7) is 16.2. The molecule has 0 fully saturated rings. The molecule has 0 saturated heterocycles. The fraction of sp³-hybridized carbons (Fsp3) is 0.700. The molecule has 1 aromatic carbocycles. The molecule has 1 atom stereocenters. The maximum absolute atomic E-state index is 6.27. The number of hydrogen-bond donors (Lipinski definition) is 0. The summed E-state index contributed by atoms with van der Waals surface area (Å²) in [4.78, 5) is 0. The van der Waals surface area contributed by atoms with Crippen molar-refractivity contribution in [3.05, 3.63) is 30.3 Å². The molecule has 0 aromatic heterocycles. The largest absolute Gasteiger partial charge is 0.493 e. The molecule has 1 unspecified atom stereocenters. The van der Waals surface area contributed by atoms with Crippen LogP contribution in [-0.4, -0.2) is 31.5 Å². The van der Waals surface area contributed by atoms with E-state index in [9.17, 15) is 0 Å². The minimum atomic E-state index is -0.317. The minimum Gasteiger partial charge on any atom is -0.493 e. The van der Waals surface area contributed by atoms with Gasteiger partial charge in [-0.2, -0.15) is 0 Å². The predicted octanol–water partition coefficient (Wildman–Crippen LogP) is 4.95. The van der Waals surface area contributed by atoms with Gasteiger partial charge in [-0.15, -0.1) is 0 Å². The standard InChI is InChI=1S/C20H34O3/c1-18(2,3)20(6,7)23-15-16(19(4,5)21-8)14-22-17-12-10-9-11-13-17/h9-13,16H,14-15H2,1-8H3. The SMILES string of the molecule is COC(C)(C)C(COc1ccccc1)COC(C)(C)C(C)(C)C. The van der Waals surface area contributed by atoms with Crippen molar-refractivity contribution in [3.8, 4) is 5.75 Å². The fourth-order valence-electron chi connectivity index (χ4n) is 1.86. The highest BCUT2D eigenvalue weighted by Gasteiger charge is 2.37.